The van der Waals surface area contributed by atoms with Crippen molar-refractivity contribution in [3.05, 3.63) is 35.7 Å². The number of aromatic nitrogens is 3. The zero-order valence-corrected chi connectivity index (χ0v) is 14.6. The predicted octanol–water partition coefficient (Wildman–Crippen LogP) is 3.01. The molecule has 2 rings (SSSR count). The Balaban J connectivity index is 2.14. The summed E-state index contributed by atoms with van der Waals surface area (Å²) < 4.78 is 12.6. The molecule has 0 aliphatic heterocycles. The highest BCUT2D eigenvalue weighted by atomic mass is 32.2. The number of methoxy groups -OCH3 is 1. The van der Waals surface area contributed by atoms with E-state index in [-0.39, 0.29) is 17.8 Å². The van der Waals surface area contributed by atoms with E-state index in [9.17, 15) is 4.79 Å². The van der Waals surface area contributed by atoms with Crippen LogP contribution in [0, 0.1) is 6.92 Å². The highest BCUT2D eigenvalue weighted by Crippen LogP contribution is 2.26. The van der Waals surface area contributed by atoms with E-state index in [4.69, 9.17) is 4.74 Å². The summed E-state index contributed by atoms with van der Waals surface area (Å²) in [6.45, 7) is 6.66. The number of aryl methyl sites for hydroxylation is 1. The Kier molecular flexibility index (Phi) is 6.04. The van der Waals surface area contributed by atoms with E-state index in [1.165, 1.54) is 18.9 Å². The first-order valence-corrected chi connectivity index (χ1v) is 8.40. The number of benzene rings is 1. The molecule has 23 heavy (non-hydrogen) atoms. The van der Waals surface area contributed by atoms with E-state index < -0.39 is 0 Å². The van der Waals surface area contributed by atoms with Gasteiger partial charge in [-0.15, -0.1) is 10.2 Å². The van der Waals surface area contributed by atoms with Crippen LogP contribution in [0.25, 0.3) is 0 Å². The molecule has 6 nitrogen and oxygen atoms in total. The number of hydrogen-bond donors (Lipinski definition) is 0. The van der Waals surface area contributed by atoms with Crippen LogP contribution < -0.4 is 4.74 Å². The molecule has 0 saturated heterocycles. The van der Waals surface area contributed by atoms with E-state index in [2.05, 4.69) is 14.9 Å². The molecule has 1 atom stereocenters. The van der Waals surface area contributed by atoms with Crippen LogP contribution >= 0.6 is 11.8 Å². The van der Waals surface area contributed by atoms with Crippen LogP contribution in [-0.4, -0.2) is 33.6 Å². The quantitative estimate of drug-likeness (QED) is 0.572. The lowest BCUT2D eigenvalue weighted by Gasteiger charge is -2.16. The van der Waals surface area contributed by atoms with Gasteiger partial charge in [-0.25, -0.2) is 0 Å². The van der Waals surface area contributed by atoms with Gasteiger partial charge in [0.2, 0.25) is 0 Å². The molecule has 0 fully saturated rings. The molecule has 0 bridgehead atoms. The predicted molar refractivity (Wildman–Crippen MR) is 88.7 cm³/mol. The molecule has 1 aromatic carbocycles. The minimum Gasteiger partial charge on any atom is -0.482 e. The number of carbonyl (C=O) groups excluding carboxylic acids is 1. The summed E-state index contributed by atoms with van der Waals surface area (Å²) in [5.41, 5.74) is 1.07. The van der Waals surface area contributed by atoms with Gasteiger partial charge in [-0.3, -0.25) is 4.79 Å². The highest BCUT2D eigenvalue weighted by molar-refractivity contribution is 7.99. The molecule has 7 heteroatoms. The first kappa shape index (κ1) is 17.3. The maximum atomic E-state index is 11.3. The second-order valence-corrected chi connectivity index (χ2v) is 5.92. The number of esters is 1. The van der Waals surface area contributed by atoms with Crippen molar-refractivity contribution >= 4 is 17.7 Å². The molecule has 0 N–H and O–H groups in total. The lowest BCUT2D eigenvalue weighted by atomic mass is 10.2. The standard InChI is InChI=1S/C16H21N3O3S/c1-5-19-15(17-18-16(19)23-10-14(20)21-4)12(3)22-13-9-7-6-8-11(13)2/h6-9,12H,5,10H2,1-4H3/t12-/m0/s1. The van der Waals surface area contributed by atoms with Crippen LogP contribution in [0.4, 0.5) is 0 Å². The molecule has 1 aromatic heterocycles. The van der Waals surface area contributed by atoms with Gasteiger partial charge < -0.3 is 14.0 Å². The Morgan fingerprint density at radius 1 is 1.35 bits per heavy atom. The molecule has 1 heterocycles. The molecule has 0 saturated carbocycles. The third-order valence-electron chi connectivity index (χ3n) is 3.37. The minimum absolute atomic E-state index is 0.210. The van der Waals surface area contributed by atoms with Gasteiger partial charge in [0.25, 0.3) is 0 Å². The van der Waals surface area contributed by atoms with Crippen molar-refractivity contribution < 1.29 is 14.3 Å². The number of rotatable bonds is 7. The van der Waals surface area contributed by atoms with E-state index in [1.54, 1.807) is 0 Å². The first-order valence-electron chi connectivity index (χ1n) is 7.41. The molecule has 0 spiro atoms. The fourth-order valence-corrected chi connectivity index (χ4v) is 2.96. The minimum atomic E-state index is -0.286. The summed E-state index contributed by atoms with van der Waals surface area (Å²) in [6.07, 6.45) is -0.240. The largest absolute Gasteiger partial charge is 0.482 e. The third-order valence-corrected chi connectivity index (χ3v) is 4.31. The zero-order chi connectivity index (χ0) is 16.8. The number of thioether (sulfide) groups is 1. The van der Waals surface area contributed by atoms with E-state index in [1.807, 2.05) is 49.6 Å². The van der Waals surface area contributed by atoms with Crippen LogP contribution in [0.15, 0.2) is 29.4 Å². The summed E-state index contributed by atoms with van der Waals surface area (Å²) in [7, 11) is 1.37. The number of hydrogen-bond acceptors (Lipinski definition) is 6. The summed E-state index contributed by atoms with van der Waals surface area (Å²) in [5, 5.41) is 9.09. The van der Waals surface area contributed by atoms with Gasteiger partial charge in [0, 0.05) is 6.54 Å². The summed E-state index contributed by atoms with van der Waals surface area (Å²) >= 11 is 1.31. The van der Waals surface area contributed by atoms with Gasteiger partial charge >= 0.3 is 5.97 Å². The lowest BCUT2D eigenvalue weighted by Crippen LogP contribution is -2.13. The Morgan fingerprint density at radius 2 is 2.09 bits per heavy atom. The number of carbonyl (C=O) groups is 1. The fourth-order valence-electron chi connectivity index (χ4n) is 2.12. The van der Waals surface area contributed by atoms with Crippen LogP contribution in [-0.2, 0) is 16.1 Å². The molecule has 0 amide bonds. The Bertz CT molecular complexity index is 672. The van der Waals surface area contributed by atoms with Gasteiger partial charge in [-0.05, 0) is 32.4 Å². The van der Waals surface area contributed by atoms with Crippen molar-refractivity contribution in [1.29, 1.82) is 0 Å². The molecular weight excluding hydrogens is 314 g/mol. The summed E-state index contributed by atoms with van der Waals surface area (Å²) in [4.78, 5) is 11.3. The van der Waals surface area contributed by atoms with Crippen LogP contribution in [0.2, 0.25) is 0 Å². The number of para-hydroxylation sites is 1. The molecular formula is C16H21N3O3S. The van der Waals surface area contributed by atoms with Crippen LogP contribution in [0.3, 0.4) is 0 Å². The topological polar surface area (TPSA) is 66.2 Å². The maximum absolute atomic E-state index is 11.3. The van der Waals surface area contributed by atoms with Crippen molar-refractivity contribution in [2.24, 2.45) is 0 Å². The normalized spacial score (nSPS) is 12.0. The molecule has 124 valence electrons. The monoisotopic (exact) mass is 335 g/mol. The SMILES string of the molecule is CCn1c(SCC(=O)OC)nnc1[C@H](C)Oc1ccccc1C. The van der Waals surface area contributed by atoms with Crippen LogP contribution in [0.5, 0.6) is 5.75 Å². The molecule has 0 aliphatic rings. The Labute approximate surface area is 140 Å². The lowest BCUT2D eigenvalue weighted by molar-refractivity contribution is -0.137. The second kappa shape index (κ2) is 8.01. The second-order valence-electron chi connectivity index (χ2n) is 4.98. The number of nitrogens with zero attached hydrogens (tertiary/aromatic N) is 3. The van der Waals surface area contributed by atoms with Gasteiger partial charge in [0.1, 0.15) is 5.75 Å². The summed E-state index contributed by atoms with van der Waals surface area (Å²) in [5.74, 6) is 1.49. The average Bonchev–Trinajstić information content (AvgIpc) is 2.97. The van der Waals surface area contributed by atoms with Crippen molar-refractivity contribution in [2.45, 2.75) is 38.6 Å². The Hall–Kier alpha value is -2.02. The van der Waals surface area contributed by atoms with Gasteiger partial charge in [0.15, 0.2) is 17.1 Å². The highest BCUT2D eigenvalue weighted by Gasteiger charge is 2.19. The maximum Gasteiger partial charge on any atom is 0.316 e. The molecule has 2 aromatic rings. The van der Waals surface area contributed by atoms with Gasteiger partial charge in [-0.2, -0.15) is 0 Å². The van der Waals surface area contributed by atoms with Gasteiger partial charge in [-0.1, -0.05) is 30.0 Å². The number of ether oxygens (including phenoxy) is 2. The zero-order valence-electron chi connectivity index (χ0n) is 13.8. The molecule has 0 aliphatic carbocycles. The van der Waals surface area contributed by atoms with E-state index >= 15 is 0 Å². The van der Waals surface area contributed by atoms with E-state index in [0.29, 0.717) is 11.7 Å². The fraction of sp³-hybridized carbons (Fsp3) is 0.438. The van der Waals surface area contributed by atoms with Crippen molar-refractivity contribution in [3.8, 4) is 5.75 Å². The Morgan fingerprint density at radius 3 is 2.74 bits per heavy atom. The van der Waals surface area contributed by atoms with Crippen molar-refractivity contribution in [3.63, 3.8) is 0 Å². The molecule has 0 radical (unpaired) electrons. The molecule has 0 unspecified atom stereocenters. The van der Waals surface area contributed by atoms with Gasteiger partial charge in [0.05, 0.1) is 12.9 Å². The third kappa shape index (κ3) is 4.25. The van der Waals surface area contributed by atoms with E-state index in [0.717, 1.165) is 17.1 Å². The average molecular weight is 335 g/mol. The summed E-state index contributed by atoms with van der Waals surface area (Å²) in [6, 6.07) is 7.86. The van der Waals surface area contributed by atoms with Crippen molar-refractivity contribution in [2.75, 3.05) is 12.9 Å². The first-order chi connectivity index (χ1) is 11.1. The van der Waals surface area contributed by atoms with Crippen LogP contribution in [0.1, 0.15) is 31.3 Å². The van der Waals surface area contributed by atoms with Crippen molar-refractivity contribution in [1.82, 2.24) is 14.8 Å². The smallest absolute Gasteiger partial charge is 0.316 e.